The van der Waals surface area contributed by atoms with Gasteiger partial charge in [0.05, 0.1) is 36.2 Å². The van der Waals surface area contributed by atoms with Gasteiger partial charge >= 0.3 is 0 Å². The number of fused-ring (bicyclic) bond motifs is 6. The van der Waals surface area contributed by atoms with Crippen molar-refractivity contribution in [2.24, 2.45) is 6.98 Å². The number of amides is 1. The molecule has 1 aliphatic heterocycles. The Morgan fingerprint density at radius 2 is 2.30 bits per heavy atom. The summed E-state index contributed by atoms with van der Waals surface area (Å²) in [5, 5.41) is 18.5. The highest BCUT2D eigenvalue weighted by atomic mass is 16.5. The number of anilines is 2. The SMILES string of the molecule is [2H]C([2H])([2H])n1nnc2c3cc(cc21)CO[C@@H]1CCC[C@H]1NC(=O)c1cnn2ccc(nc12)N3. The van der Waals surface area contributed by atoms with Crippen molar-refractivity contribution >= 4 is 34.1 Å². The van der Waals surface area contributed by atoms with Gasteiger partial charge < -0.3 is 15.4 Å². The second-order valence-corrected chi connectivity index (χ2v) is 7.64. The van der Waals surface area contributed by atoms with E-state index in [1.54, 1.807) is 18.3 Å². The number of aryl methyl sites for hydroxylation is 1. The molecule has 1 amide bonds. The fourth-order valence-electron chi connectivity index (χ4n) is 4.24. The molecule has 0 spiro atoms. The van der Waals surface area contributed by atoms with E-state index in [0.717, 1.165) is 29.5 Å². The topological polar surface area (TPSA) is 111 Å². The Kier molecular flexibility index (Phi) is 3.13. The lowest BCUT2D eigenvalue weighted by Gasteiger charge is -2.22. The molecule has 3 aromatic heterocycles. The standard InChI is InChI=1S/C20H20N8O2/c1-27-15-8-11-7-14(18(15)25-26-27)22-17-5-6-28-19(24-17)12(9-21-28)20(29)23-13-3-2-4-16(13)30-10-11/h5-9,13,16H,2-4,10H2,1H3,(H,22,24)(H,23,29)/t13-,16-/m1/s1/i1D3. The number of benzene rings is 1. The van der Waals surface area contributed by atoms with E-state index in [0.29, 0.717) is 33.7 Å². The predicted molar refractivity (Wildman–Crippen MR) is 108 cm³/mol. The van der Waals surface area contributed by atoms with Gasteiger partial charge in [-0.2, -0.15) is 5.10 Å². The lowest BCUT2D eigenvalue weighted by atomic mass is 10.1. The zero-order chi connectivity index (χ0) is 22.7. The van der Waals surface area contributed by atoms with Crippen LogP contribution in [0.15, 0.2) is 30.6 Å². The first-order valence-electron chi connectivity index (χ1n) is 11.3. The zero-order valence-electron chi connectivity index (χ0n) is 18.9. The third-order valence-electron chi connectivity index (χ3n) is 5.72. The van der Waals surface area contributed by atoms with Crippen molar-refractivity contribution in [3.05, 3.63) is 41.7 Å². The van der Waals surface area contributed by atoms with Crippen LogP contribution in [0.3, 0.4) is 0 Å². The van der Waals surface area contributed by atoms with E-state index >= 15 is 0 Å². The Bertz CT molecular complexity index is 1400. The van der Waals surface area contributed by atoms with Gasteiger partial charge in [0.2, 0.25) is 0 Å². The molecule has 1 aliphatic carbocycles. The first kappa shape index (κ1) is 14.5. The summed E-state index contributed by atoms with van der Waals surface area (Å²) >= 11 is 0. The number of hydrogen-bond acceptors (Lipinski definition) is 7. The summed E-state index contributed by atoms with van der Waals surface area (Å²) in [6.45, 7) is -2.23. The number of nitrogens with zero attached hydrogens (tertiary/aromatic N) is 6. The van der Waals surface area contributed by atoms with E-state index in [1.807, 2.05) is 6.07 Å². The molecule has 0 unspecified atom stereocenters. The molecule has 10 heteroatoms. The van der Waals surface area contributed by atoms with Crippen molar-refractivity contribution in [2.45, 2.75) is 38.0 Å². The minimum atomic E-state index is -2.48. The fourth-order valence-corrected chi connectivity index (χ4v) is 4.24. The maximum Gasteiger partial charge on any atom is 0.257 e. The van der Waals surface area contributed by atoms with Gasteiger partial charge in [0, 0.05) is 17.3 Å². The van der Waals surface area contributed by atoms with Crippen molar-refractivity contribution in [1.29, 1.82) is 0 Å². The summed E-state index contributed by atoms with van der Waals surface area (Å²) in [6.07, 6.45) is 5.63. The monoisotopic (exact) mass is 407 g/mol. The van der Waals surface area contributed by atoms with Crippen molar-refractivity contribution in [1.82, 2.24) is 34.9 Å². The predicted octanol–water partition coefficient (Wildman–Crippen LogP) is 1.94. The first-order valence-corrected chi connectivity index (χ1v) is 9.79. The summed E-state index contributed by atoms with van der Waals surface area (Å²) < 4.78 is 32.1. The number of aromatic nitrogens is 6. The van der Waals surface area contributed by atoms with Gasteiger partial charge in [-0.3, -0.25) is 4.79 Å². The highest BCUT2D eigenvalue weighted by Gasteiger charge is 2.31. The molecule has 2 N–H and O–H groups in total. The Labute approximate surface area is 175 Å². The average molecular weight is 407 g/mol. The van der Waals surface area contributed by atoms with Gasteiger partial charge in [-0.05, 0) is 43.0 Å². The average Bonchev–Trinajstić information content (AvgIpc) is 3.49. The molecule has 1 aromatic carbocycles. The highest BCUT2D eigenvalue weighted by molar-refractivity contribution is 6.00. The van der Waals surface area contributed by atoms with Gasteiger partial charge in [0.15, 0.2) is 5.65 Å². The Hall–Kier alpha value is -3.53. The van der Waals surface area contributed by atoms with Crippen LogP contribution >= 0.6 is 0 Å². The molecular weight excluding hydrogens is 384 g/mol. The number of rotatable bonds is 0. The van der Waals surface area contributed by atoms with Crippen LogP contribution in [-0.2, 0) is 18.3 Å². The number of ether oxygens (including phenoxy) is 1. The van der Waals surface area contributed by atoms with Crippen LogP contribution in [0.2, 0.25) is 0 Å². The van der Waals surface area contributed by atoms with Gasteiger partial charge in [-0.25, -0.2) is 14.2 Å². The molecule has 152 valence electrons. The zero-order valence-corrected chi connectivity index (χ0v) is 15.9. The first-order chi connectivity index (χ1) is 15.9. The molecule has 4 heterocycles. The molecule has 1 fully saturated rings. The number of hydrogen-bond donors (Lipinski definition) is 2. The lowest BCUT2D eigenvalue weighted by Crippen LogP contribution is -2.41. The summed E-state index contributed by atoms with van der Waals surface area (Å²) in [5.41, 5.74) is 2.85. The second kappa shape index (κ2) is 6.49. The molecule has 30 heavy (non-hydrogen) atoms. The quantitative estimate of drug-likeness (QED) is 0.458. The highest BCUT2D eigenvalue weighted by Crippen LogP contribution is 2.29. The molecule has 4 bridgehead atoms. The van der Waals surface area contributed by atoms with Gasteiger partial charge in [-0.15, -0.1) is 5.10 Å². The fraction of sp³-hybridized carbons (Fsp3) is 0.350. The van der Waals surface area contributed by atoms with Crippen LogP contribution in [0.1, 0.15) is 39.3 Å². The van der Waals surface area contributed by atoms with Crippen molar-refractivity contribution < 1.29 is 13.6 Å². The van der Waals surface area contributed by atoms with Crippen LogP contribution < -0.4 is 10.6 Å². The Morgan fingerprint density at radius 3 is 3.23 bits per heavy atom. The molecular formula is C20H20N8O2. The molecule has 2 aliphatic rings. The minimum Gasteiger partial charge on any atom is -0.371 e. The van der Waals surface area contributed by atoms with Crippen LogP contribution in [0, 0.1) is 0 Å². The van der Waals surface area contributed by atoms with E-state index in [4.69, 9.17) is 8.85 Å². The van der Waals surface area contributed by atoms with E-state index in [1.165, 1.54) is 10.7 Å². The van der Waals surface area contributed by atoms with Crippen LogP contribution in [0.4, 0.5) is 11.5 Å². The molecule has 0 saturated heterocycles. The van der Waals surface area contributed by atoms with Crippen LogP contribution in [0.5, 0.6) is 0 Å². The largest absolute Gasteiger partial charge is 0.371 e. The summed E-state index contributed by atoms with van der Waals surface area (Å²) in [5.74, 6) is 0.212. The Morgan fingerprint density at radius 1 is 1.33 bits per heavy atom. The maximum absolute atomic E-state index is 13.0. The lowest BCUT2D eigenvalue weighted by molar-refractivity contribution is 0.0273. The molecule has 10 nitrogen and oxygen atoms in total. The Balaban J connectivity index is 1.53. The van der Waals surface area contributed by atoms with Crippen LogP contribution in [0.25, 0.3) is 16.7 Å². The molecule has 2 atom stereocenters. The summed E-state index contributed by atoms with van der Waals surface area (Å²) in [6, 6.07) is 5.17. The molecule has 4 aromatic rings. The normalized spacial score (nSPS) is 23.3. The second-order valence-electron chi connectivity index (χ2n) is 7.64. The molecule has 1 saturated carbocycles. The number of carbonyl (C=O) groups excluding carboxylic acids is 1. The maximum atomic E-state index is 13.0. The van der Waals surface area contributed by atoms with Crippen molar-refractivity contribution in [3.63, 3.8) is 0 Å². The van der Waals surface area contributed by atoms with Crippen molar-refractivity contribution in [3.8, 4) is 0 Å². The van der Waals surface area contributed by atoms with Crippen LogP contribution in [-0.4, -0.2) is 47.6 Å². The minimum absolute atomic E-state index is 0.130. The van der Waals surface area contributed by atoms with E-state index in [-0.39, 0.29) is 24.7 Å². The smallest absolute Gasteiger partial charge is 0.257 e. The number of carbonyl (C=O) groups is 1. The third kappa shape index (κ3) is 2.71. The van der Waals surface area contributed by atoms with Gasteiger partial charge in [0.25, 0.3) is 5.91 Å². The van der Waals surface area contributed by atoms with E-state index in [2.05, 4.69) is 31.0 Å². The number of nitrogens with one attached hydrogen (secondary N) is 2. The summed E-state index contributed by atoms with van der Waals surface area (Å²) in [7, 11) is 0. The van der Waals surface area contributed by atoms with E-state index in [9.17, 15) is 4.79 Å². The molecule has 6 rings (SSSR count). The van der Waals surface area contributed by atoms with Gasteiger partial charge in [-0.1, -0.05) is 5.21 Å². The molecule has 0 radical (unpaired) electrons. The van der Waals surface area contributed by atoms with E-state index < -0.39 is 6.98 Å². The summed E-state index contributed by atoms with van der Waals surface area (Å²) in [4.78, 5) is 17.6. The third-order valence-corrected chi connectivity index (χ3v) is 5.72. The van der Waals surface area contributed by atoms with Crippen molar-refractivity contribution in [2.75, 3.05) is 5.32 Å². The van der Waals surface area contributed by atoms with Gasteiger partial charge in [0.1, 0.15) is 16.9 Å².